The van der Waals surface area contributed by atoms with Crippen LogP contribution in [0.3, 0.4) is 0 Å². The van der Waals surface area contributed by atoms with Gasteiger partial charge in [-0.3, -0.25) is 4.79 Å². The Kier molecular flexibility index (Phi) is 4.21. The second-order valence-electron chi connectivity index (χ2n) is 3.86. The molecule has 1 N–H and O–H groups in total. The number of rotatable bonds is 3. The van der Waals surface area contributed by atoms with Crippen molar-refractivity contribution in [3.63, 3.8) is 0 Å². The Balaban J connectivity index is 2.72. The van der Waals surface area contributed by atoms with Crippen molar-refractivity contribution >= 4 is 17.9 Å². The van der Waals surface area contributed by atoms with Gasteiger partial charge in [-0.25, -0.2) is 0 Å². The fraction of sp³-hybridized carbons (Fsp3) is 0.417. The molecule has 2 nitrogen and oxygen atoms in total. The maximum absolute atomic E-state index is 10.6. The van der Waals surface area contributed by atoms with Gasteiger partial charge in [-0.05, 0) is 43.9 Å². The average molecular weight is 223 g/mol. The number of amides is 1. The van der Waals surface area contributed by atoms with Crippen LogP contribution in [0.1, 0.15) is 22.3 Å². The molecule has 0 aromatic heterocycles. The van der Waals surface area contributed by atoms with Gasteiger partial charge < -0.3 is 5.32 Å². The molecule has 0 aliphatic rings. The van der Waals surface area contributed by atoms with Crippen molar-refractivity contribution in [2.75, 3.05) is 6.54 Å². The molecule has 0 saturated carbocycles. The SMILES string of the molecule is Cc1cc(C)c(CCNC(=O)S)c(C)c1. The molecule has 0 heterocycles. The smallest absolute Gasteiger partial charge is 0.275 e. The van der Waals surface area contributed by atoms with Crippen LogP contribution in [0, 0.1) is 20.8 Å². The highest BCUT2D eigenvalue weighted by molar-refractivity contribution is 7.96. The van der Waals surface area contributed by atoms with E-state index in [1.165, 1.54) is 22.3 Å². The lowest BCUT2D eigenvalue weighted by Gasteiger charge is -2.11. The number of carbonyl (C=O) groups excluding carboxylic acids is 1. The Morgan fingerprint density at radius 2 is 1.80 bits per heavy atom. The number of benzene rings is 1. The van der Waals surface area contributed by atoms with Crippen LogP contribution in [0.5, 0.6) is 0 Å². The Morgan fingerprint density at radius 1 is 1.27 bits per heavy atom. The zero-order chi connectivity index (χ0) is 11.4. The van der Waals surface area contributed by atoms with Gasteiger partial charge in [0, 0.05) is 6.54 Å². The normalized spacial score (nSPS) is 10.1. The Labute approximate surface area is 96.5 Å². The minimum atomic E-state index is -0.266. The van der Waals surface area contributed by atoms with E-state index in [-0.39, 0.29) is 5.24 Å². The number of hydrogen-bond donors (Lipinski definition) is 2. The van der Waals surface area contributed by atoms with Gasteiger partial charge in [0.15, 0.2) is 0 Å². The molecule has 1 rings (SSSR count). The van der Waals surface area contributed by atoms with E-state index in [4.69, 9.17) is 0 Å². The highest BCUT2D eigenvalue weighted by Gasteiger charge is 2.03. The average Bonchev–Trinajstić information content (AvgIpc) is 2.08. The molecule has 0 aliphatic heterocycles. The van der Waals surface area contributed by atoms with E-state index in [1.807, 2.05) is 0 Å². The molecule has 1 aromatic rings. The molecule has 15 heavy (non-hydrogen) atoms. The maximum Gasteiger partial charge on any atom is 0.275 e. The van der Waals surface area contributed by atoms with Crippen molar-refractivity contribution in [2.45, 2.75) is 27.2 Å². The summed E-state index contributed by atoms with van der Waals surface area (Å²) in [6.07, 6.45) is 0.865. The van der Waals surface area contributed by atoms with Gasteiger partial charge in [0.25, 0.3) is 5.24 Å². The van der Waals surface area contributed by atoms with Gasteiger partial charge in [-0.2, -0.15) is 0 Å². The summed E-state index contributed by atoms with van der Waals surface area (Å²) in [5.74, 6) is 0. The predicted molar refractivity (Wildman–Crippen MR) is 66.7 cm³/mol. The second kappa shape index (κ2) is 5.21. The fourth-order valence-electron chi connectivity index (χ4n) is 1.90. The van der Waals surface area contributed by atoms with Gasteiger partial charge in [0.1, 0.15) is 0 Å². The first-order valence-electron chi connectivity index (χ1n) is 5.04. The molecule has 1 aromatic carbocycles. The lowest BCUT2D eigenvalue weighted by atomic mass is 9.97. The second-order valence-corrected chi connectivity index (χ2v) is 4.27. The van der Waals surface area contributed by atoms with Crippen LogP contribution in [0.25, 0.3) is 0 Å². The molecule has 0 bridgehead atoms. The molecule has 0 unspecified atom stereocenters. The molecule has 82 valence electrons. The van der Waals surface area contributed by atoms with E-state index in [0.717, 1.165) is 6.42 Å². The fourth-order valence-corrected chi connectivity index (χ4v) is 2.01. The molecule has 0 aliphatic carbocycles. The van der Waals surface area contributed by atoms with Crippen LogP contribution in [-0.4, -0.2) is 11.8 Å². The number of nitrogens with one attached hydrogen (secondary N) is 1. The van der Waals surface area contributed by atoms with E-state index < -0.39 is 0 Å². The Morgan fingerprint density at radius 3 is 2.27 bits per heavy atom. The van der Waals surface area contributed by atoms with Gasteiger partial charge >= 0.3 is 0 Å². The van der Waals surface area contributed by atoms with E-state index in [2.05, 4.69) is 50.8 Å². The Bertz CT molecular complexity index is 351. The number of aryl methyl sites for hydroxylation is 3. The first-order chi connectivity index (χ1) is 7.00. The lowest BCUT2D eigenvalue weighted by Crippen LogP contribution is -2.20. The third-order valence-electron chi connectivity index (χ3n) is 2.49. The van der Waals surface area contributed by atoms with Crippen LogP contribution in [0.2, 0.25) is 0 Å². The number of thiol groups is 1. The topological polar surface area (TPSA) is 29.1 Å². The molecule has 1 amide bonds. The zero-order valence-electron chi connectivity index (χ0n) is 9.42. The van der Waals surface area contributed by atoms with E-state index >= 15 is 0 Å². The molecule has 0 fully saturated rings. The summed E-state index contributed by atoms with van der Waals surface area (Å²) < 4.78 is 0. The lowest BCUT2D eigenvalue weighted by molar-refractivity contribution is 0.261. The molecule has 0 spiro atoms. The summed E-state index contributed by atoms with van der Waals surface area (Å²) in [5, 5.41) is 2.42. The minimum absolute atomic E-state index is 0.266. The molecule has 0 radical (unpaired) electrons. The molecule has 3 heteroatoms. The van der Waals surface area contributed by atoms with Crippen molar-refractivity contribution in [1.29, 1.82) is 0 Å². The summed E-state index contributed by atoms with van der Waals surface area (Å²) in [4.78, 5) is 10.6. The summed E-state index contributed by atoms with van der Waals surface area (Å²) >= 11 is 3.66. The van der Waals surface area contributed by atoms with E-state index in [1.54, 1.807) is 0 Å². The van der Waals surface area contributed by atoms with Crippen LogP contribution in [0.4, 0.5) is 4.79 Å². The van der Waals surface area contributed by atoms with Crippen molar-refractivity contribution < 1.29 is 4.79 Å². The number of carbonyl (C=O) groups is 1. The van der Waals surface area contributed by atoms with Crippen molar-refractivity contribution in [3.8, 4) is 0 Å². The molecule has 0 saturated heterocycles. The van der Waals surface area contributed by atoms with Gasteiger partial charge in [0.2, 0.25) is 0 Å². The first kappa shape index (κ1) is 12.1. The van der Waals surface area contributed by atoms with Crippen molar-refractivity contribution in [2.24, 2.45) is 0 Å². The predicted octanol–water partition coefficient (Wildman–Crippen LogP) is 2.79. The summed E-state index contributed by atoms with van der Waals surface area (Å²) in [6, 6.07) is 4.34. The van der Waals surface area contributed by atoms with Gasteiger partial charge in [-0.15, -0.1) is 0 Å². The summed E-state index contributed by atoms with van der Waals surface area (Å²) in [7, 11) is 0. The maximum atomic E-state index is 10.6. The highest BCUT2D eigenvalue weighted by atomic mass is 32.1. The summed E-state index contributed by atoms with van der Waals surface area (Å²) in [5.41, 5.74) is 5.19. The molecular formula is C12H17NOS. The van der Waals surface area contributed by atoms with Crippen molar-refractivity contribution in [1.82, 2.24) is 5.32 Å². The van der Waals surface area contributed by atoms with Crippen molar-refractivity contribution in [3.05, 3.63) is 34.4 Å². The van der Waals surface area contributed by atoms with Gasteiger partial charge in [-0.1, -0.05) is 30.3 Å². The Hall–Kier alpha value is -0.960. The largest absolute Gasteiger partial charge is 0.347 e. The summed E-state index contributed by atoms with van der Waals surface area (Å²) in [6.45, 7) is 6.96. The monoisotopic (exact) mass is 223 g/mol. The third kappa shape index (κ3) is 3.59. The minimum Gasteiger partial charge on any atom is -0.347 e. The third-order valence-corrected chi connectivity index (χ3v) is 2.65. The van der Waals surface area contributed by atoms with E-state index in [0.29, 0.717) is 6.54 Å². The molecular weight excluding hydrogens is 206 g/mol. The zero-order valence-corrected chi connectivity index (χ0v) is 10.3. The quantitative estimate of drug-likeness (QED) is 0.758. The van der Waals surface area contributed by atoms with Crippen LogP contribution in [-0.2, 0) is 6.42 Å². The van der Waals surface area contributed by atoms with Crippen LogP contribution in [0.15, 0.2) is 12.1 Å². The van der Waals surface area contributed by atoms with Crippen LogP contribution < -0.4 is 5.32 Å². The standard InChI is InChI=1S/C12H17NOS/c1-8-6-9(2)11(10(3)7-8)4-5-13-12(14)15/h6-7H,4-5H2,1-3H3,(H2,13,14,15). The van der Waals surface area contributed by atoms with Gasteiger partial charge in [0.05, 0.1) is 0 Å². The molecule has 0 atom stereocenters. The first-order valence-corrected chi connectivity index (χ1v) is 5.49. The number of hydrogen-bond acceptors (Lipinski definition) is 1. The van der Waals surface area contributed by atoms with Crippen LogP contribution >= 0.6 is 12.6 Å². The highest BCUT2D eigenvalue weighted by Crippen LogP contribution is 2.16. The van der Waals surface area contributed by atoms with E-state index in [9.17, 15) is 4.79 Å².